The van der Waals surface area contributed by atoms with Gasteiger partial charge in [-0.1, -0.05) is 38.1 Å². The molecule has 0 unspecified atom stereocenters. The van der Waals surface area contributed by atoms with Gasteiger partial charge in [-0.2, -0.15) is 5.10 Å². The minimum absolute atomic E-state index is 0.675. The van der Waals surface area contributed by atoms with Gasteiger partial charge in [-0.15, -0.1) is 0 Å². The molecule has 15 heavy (non-hydrogen) atoms. The fourth-order valence-corrected chi connectivity index (χ4v) is 1.81. The first-order valence-electron chi connectivity index (χ1n) is 5.35. The third kappa shape index (κ3) is 2.27. The maximum Gasteiger partial charge on any atom is 0.0652 e. The van der Waals surface area contributed by atoms with Crippen molar-refractivity contribution in [1.29, 1.82) is 0 Å². The zero-order valence-electron chi connectivity index (χ0n) is 9.20. The van der Waals surface area contributed by atoms with Gasteiger partial charge >= 0.3 is 0 Å². The van der Waals surface area contributed by atoms with Crippen LogP contribution in [-0.4, -0.2) is 10.2 Å². The predicted molar refractivity (Wildman–Crippen MR) is 62.6 cm³/mol. The third-order valence-corrected chi connectivity index (χ3v) is 2.44. The van der Waals surface area contributed by atoms with Crippen LogP contribution >= 0.6 is 0 Å². The highest BCUT2D eigenvalue weighted by Crippen LogP contribution is 2.23. The summed E-state index contributed by atoms with van der Waals surface area (Å²) < 4.78 is 0. The number of H-pyrrole nitrogens is 1. The van der Waals surface area contributed by atoms with Gasteiger partial charge in [0.15, 0.2) is 0 Å². The molecule has 2 rings (SSSR count). The summed E-state index contributed by atoms with van der Waals surface area (Å²) in [6, 6.07) is 10.5. The van der Waals surface area contributed by atoms with Crippen molar-refractivity contribution >= 4 is 0 Å². The number of nitrogens with zero attached hydrogens (tertiary/aromatic N) is 1. The van der Waals surface area contributed by atoms with Crippen LogP contribution in [0.1, 0.15) is 19.4 Å². The summed E-state index contributed by atoms with van der Waals surface area (Å²) >= 11 is 0. The second-order valence-electron chi connectivity index (χ2n) is 4.23. The van der Waals surface area contributed by atoms with Crippen molar-refractivity contribution in [3.8, 4) is 11.3 Å². The molecule has 0 spiro atoms. The van der Waals surface area contributed by atoms with Gasteiger partial charge in [-0.25, -0.2) is 0 Å². The Labute approximate surface area is 90.3 Å². The van der Waals surface area contributed by atoms with Gasteiger partial charge < -0.3 is 0 Å². The number of aromatic amines is 1. The van der Waals surface area contributed by atoms with Gasteiger partial charge in [0.05, 0.1) is 5.69 Å². The fraction of sp³-hybridized carbons (Fsp3) is 0.308. The lowest BCUT2D eigenvalue weighted by molar-refractivity contribution is 0.648. The van der Waals surface area contributed by atoms with Gasteiger partial charge in [0.1, 0.15) is 0 Å². The Bertz CT molecular complexity index is 416. The second kappa shape index (κ2) is 4.30. The van der Waals surface area contributed by atoms with E-state index in [2.05, 4.69) is 48.3 Å². The molecule has 1 N–H and O–H groups in total. The Kier molecular flexibility index (Phi) is 2.86. The first kappa shape index (κ1) is 9.97. The van der Waals surface area contributed by atoms with E-state index in [1.807, 2.05) is 6.07 Å². The average Bonchev–Trinajstić information content (AvgIpc) is 2.70. The van der Waals surface area contributed by atoms with E-state index in [9.17, 15) is 0 Å². The summed E-state index contributed by atoms with van der Waals surface area (Å²) in [4.78, 5) is 0. The van der Waals surface area contributed by atoms with Crippen LogP contribution in [0.25, 0.3) is 11.3 Å². The Hall–Kier alpha value is -1.57. The van der Waals surface area contributed by atoms with Gasteiger partial charge in [0, 0.05) is 11.8 Å². The molecule has 0 saturated heterocycles. The maximum atomic E-state index is 3.99. The topological polar surface area (TPSA) is 28.7 Å². The Morgan fingerprint density at radius 3 is 2.67 bits per heavy atom. The lowest BCUT2D eigenvalue weighted by Gasteiger charge is -2.09. The molecule has 1 aromatic carbocycles. The lowest BCUT2D eigenvalue weighted by atomic mass is 9.96. The Morgan fingerprint density at radius 2 is 2.00 bits per heavy atom. The van der Waals surface area contributed by atoms with Crippen LogP contribution < -0.4 is 0 Å². The van der Waals surface area contributed by atoms with E-state index in [0.717, 1.165) is 12.1 Å². The van der Waals surface area contributed by atoms with Crippen molar-refractivity contribution in [2.75, 3.05) is 0 Å². The van der Waals surface area contributed by atoms with E-state index in [0.29, 0.717) is 5.92 Å². The Balaban J connectivity index is 2.38. The average molecular weight is 200 g/mol. The second-order valence-corrected chi connectivity index (χ2v) is 4.23. The van der Waals surface area contributed by atoms with Crippen LogP contribution in [-0.2, 0) is 6.42 Å². The van der Waals surface area contributed by atoms with E-state index in [-0.39, 0.29) is 0 Å². The minimum Gasteiger partial charge on any atom is -0.278 e. The van der Waals surface area contributed by atoms with Gasteiger partial charge in [-0.3, -0.25) is 5.10 Å². The Morgan fingerprint density at radius 1 is 1.20 bits per heavy atom. The lowest BCUT2D eigenvalue weighted by Crippen LogP contribution is -1.96. The quantitative estimate of drug-likeness (QED) is 0.809. The molecule has 2 heteroatoms. The molecule has 78 valence electrons. The summed E-state index contributed by atoms with van der Waals surface area (Å²) in [5, 5.41) is 7.01. The standard InChI is InChI=1S/C13H16N2/c1-10(2)9-11-5-3-4-6-12(11)13-7-8-14-15-13/h3-8,10H,9H2,1-2H3,(H,14,15). The predicted octanol–water partition coefficient (Wildman–Crippen LogP) is 3.28. The largest absolute Gasteiger partial charge is 0.278 e. The van der Waals surface area contributed by atoms with Gasteiger partial charge in [0.25, 0.3) is 0 Å². The fourth-order valence-electron chi connectivity index (χ4n) is 1.81. The summed E-state index contributed by atoms with van der Waals surface area (Å²) in [7, 11) is 0. The maximum absolute atomic E-state index is 3.99. The van der Waals surface area contributed by atoms with Crippen LogP contribution in [0.3, 0.4) is 0 Å². The molecule has 0 saturated carbocycles. The van der Waals surface area contributed by atoms with E-state index < -0.39 is 0 Å². The number of nitrogens with one attached hydrogen (secondary N) is 1. The minimum atomic E-state index is 0.675. The summed E-state index contributed by atoms with van der Waals surface area (Å²) in [6.45, 7) is 4.48. The number of aromatic nitrogens is 2. The molecule has 0 fully saturated rings. The molecule has 0 atom stereocenters. The molecule has 2 aromatic rings. The zero-order valence-corrected chi connectivity index (χ0v) is 9.20. The molecule has 0 aliphatic rings. The molecule has 1 heterocycles. The monoisotopic (exact) mass is 200 g/mol. The van der Waals surface area contributed by atoms with Crippen molar-refractivity contribution in [3.63, 3.8) is 0 Å². The normalized spacial score (nSPS) is 10.9. The highest BCUT2D eigenvalue weighted by molar-refractivity contribution is 5.63. The molecule has 0 amide bonds. The summed E-state index contributed by atoms with van der Waals surface area (Å²) in [5.41, 5.74) is 3.76. The molecule has 2 nitrogen and oxygen atoms in total. The van der Waals surface area contributed by atoms with Gasteiger partial charge in [0.2, 0.25) is 0 Å². The molecule has 1 aromatic heterocycles. The van der Waals surface area contributed by atoms with E-state index in [1.165, 1.54) is 11.1 Å². The number of hydrogen-bond acceptors (Lipinski definition) is 1. The highest BCUT2D eigenvalue weighted by Gasteiger charge is 2.06. The van der Waals surface area contributed by atoms with Crippen LogP contribution in [0.4, 0.5) is 0 Å². The van der Waals surface area contributed by atoms with Crippen molar-refractivity contribution in [2.45, 2.75) is 20.3 Å². The molecule has 0 aliphatic heterocycles. The first-order chi connectivity index (χ1) is 7.27. The third-order valence-electron chi connectivity index (χ3n) is 2.44. The smallest absolute Gasteiger partial charge is 0.0652 e. The van der Waals surface area contributed by atoms with Crippen molar-refractivity contribution in [2.24, 2.45) is 5.92 Å². The van der Waals surface area contributed by atoms with E-state index in [1.54, 1.807) is 6.20 Å². The summed E-state index contributed by atoms with van der Waals surface area (Å²) in [5.74, 6) is 0.675. The molecular weight excluding hydrogens is 184 g/mol. The van der Waals surface area contributed by atoms with Crippen LogP contribution in [0.5, 0.6) is 0 Å². The SMILES string of the molecule is CC(C)Cc1ccccc1-c1ccn[nH]1. The van der Waals surface area contributed by atoms with Gasteiger partial charge in [-0.05, 0) is 24.0 Å². The van der Waals surface area contributed by atoms with E-state index >= 15 is 0 Å². The number of hydrogen-bond donors (Lipinski definition) is 1. The zero-order chi connectivity index (χ0) is 10.7. The highest BCUT2D eigenvalue weighted by atomic mass is 15.1. The first-order valence-corrected chi connectivity index (χ1v) is 5.35. The van der Waals surface area contributed by atoms with Crippen LogP contribution in [0, 0.1) is 5.92 Å². The molecule has 0 aliphatic carbocycles. The molecule has 0 radical (unpaired) electrons. The van der Waals surface area contributed by atoms with Crippen molar-refractivity contribution < 1.29 is 0 Å². The molecule has 0 bridgehead atoms. The molecular formula is C13H16N2. The van der Waals surface area contributed by atoms with Crippen LogP contribution in [0.2, 0.25) is 0 Å². The van der Waals surface area contributed by atoms with Crippen LogP contribution in [0.15, 0.2) is 36.5 Å². The summed E-state index contributed by atoms with van der Waals surface area (Å²) in [6.07, 6.45) is 2.90. The van der Waals surface area contributed by atoms with Crippen molar-refractivity contribution in [1.82, 2.24) is 10.2 Å². The number of benzene rings is 1. The van der Waals surface area contributed by atoms with Crippen molar-refractivity contribution in [3.05, 3.63) is 42.1 Å². The number of rotatable bonds is 3. The van der Waals surface area contributed by atoms with E-state index in [4.69, 9.17) is 0 Å².